The fraction of sp³-hybridized carbons (Fsp3) is 0.941. The molecule has 6 heteroatoms. The van der Waals surface area contributed by atoms with Gasteiger partial charge in [0, 0.05) is 25.4 Å². The summed E-state index contributed by atoms with van der Waals surface area (Å²) in [7, 11) is -2.90. The summed E-state index contributed by atoms with van der Waals surface area (Å²) in [5, 5.41) is 6.58. The molecule has 5 nitrogen and oxygen atoms in total. The Morgan fingerprint density at radius 1 is 1.17 bits per heavy atom. The van der Waals surface area contributed by atoms with E-state index in [0.717, 1.165) is 25.0 Å². The van der Waals surface area contributed by atoms with Crippen LogP contribution in [0.4, 0.5) is 0 Å². The Kier molecular flexibility index (Phi) is 8.95. The second-order valence-electron chi connectivity index (χ2n) is 6.98. The molecule has 1 unspecified atom stereocenters. The molecule has 0 aromatic heterocycles. The van der Waals surface area contributed by atoms with E-state index in [1.54, 1.807) is 0 Å². The summed E-state index contributed by atoms with van der Waals surface area (Å²) in [6, 6.07) is 0.0957. The molecule has 1 aliphatic rings. The lowest BCUT2D eigenvalue weighted by molar-refractivity contribution is 0.274. The van der Waals surface area contributed by atoms with Crippen molar-refractivity contribution in [1.29, 1.82) is 0 Å². The van der Waals surface area contributed by atoms with Crippen LogP contribution in [0.25, 0.3) is 0 Å². The Morgan fingerprint density at radius 2 is 1.78 bits per heavy atom. The number of aliphatic imine (C=N–C) groups is 1. The Hall–Kier alpha value is -0.780. The molecule has 1 rings (SSSR count). The minimum Gasteiger partial charge on any atom is -0.357 e. The van der Waals surface area contributed by atoms with Gasteiger partial charge in [-0.05, 0) is 44.9 Å². The van der Waals surface area contributed by atoms with Crippen molar-refractivity contribution in [3.05, 3.63) is 0 Å². The molecular formula is C17H35N3O2S. The number of nitrogens with one attached hydrogen (secondary N) is 2. The first kappa shape index (κ1) is 20.3. The number of hydrogen-bond donors (Lipinski definition) is 2. The maximum absolute atomic E-state index is 11.3. The SMILES string of the molecule is CCNC(=NCC1CCC(CC)CC1)NC(C)CCS(C)(=O)=O. The largest absolute Gasteiger partial charge is 0.357 e. The van der Waals surface area contributed by atoms with Gasteiger partial charge in [-0.15, -0.1) is 0 Å². The highest BCUT2D eigenvalue weighted by Crippen LogP contribution is 2.30. The number of hydrogen-bond acceptors (Lipinski definition) is 3. The van der Waals surface area contributed by atoms with Crippen LogP contribution in [0.3, 0.4) is 0 Å². The van der Waals surface area contributed by atoms with E-state index in [1.165, 1.54) is 38.4 Å². The van der Waals surface area contributed by atoms with Crippen molar-refractivity contribution in [1.82, 2.24) is 10.6 Å². The first-order chi connectivity index (χ1) is 10.8. The molecule has 0 aromatic rings. The quantitative estimate of drug-likeness (QED) is 0.524. The van der Waals surface area contributed by atoms with E-state index in [2.05, 4.69) is 17.6 Å². The normalized spacial score (nSPS) is 24.3. The van der Waals surface area contributed by atoms with Gasteiger partial charge in [-0.2, -0.15) is 0 Å². The molecule has 1 atom stereocenters. The monoisotopic (exact) mass is 345 g/mol. The topological polar surface area (TPSA) is 70.6 Å². The van der Waals surface area contributed by atoms with Crippen LogP contribution in [-0.2, 0) is 9.84 Å². The third-order valence-electron chi connectivity index (χ3n) is 4.70. The summed E-state index contributed by atoms with van der Waals surface area (Å²) in [6.45, 7) is 8.02. The summed E-state index contributed by atoms with van der Waals surface area (Å²) >= 11 is 0. The van der Waals surface area contributed by atoms with Crippen molar-refractivity contribution < 1.29 is 8.42 Å². The molecule has 1 saturated carbocycles. The van der Waals surface area contributed by atoms with Gasteiger partial charge in [0.1, 0.15) is 9.84 Å². The van der Waals surface area contributed by atoms with Crippen LogP contribution in [-0.4, -0.2) is 45.5 Å². The average Bonchev–Trinajstić information content (AvgIpc) is 2.51. The van der Waals surface area contributed by atoms with E-state index >= 15 is 0 Å². The van der Waals surface area contributed by atoms with Crippen molar-refractivity contribution in [3.8, 4) is 0 Å². The van der Waals surface area contributed by atoms with E-state index < -0.39 is 9.84 Å². The summed E-state index contributed by atoms with van der Waals surface area (Å²) in [5.74, 6) is 2.63. The van der Waals surface area contributed by atoms with Crippen molar-refractivity contribution in [2.45, 2.75) is 65.3 Å². The zero-order valence-corrected chi connectivity index (χ0v) is 16.1. The van der Waals surface area contributed by atoms with E-state index in [9.17, 15) is 8.42 Å². The number of sulfone groups is 1. The minimum atomic E-state index is -2.90. The minimum absolute atomic E-state index is 0.0957. The van der Waals surface area contributed by atoms with Crippen LogP contribution >= 0.6 is 0 Å². The molecule has 23 heavy (non-hydrogen) atoms. The third-order valence-corrected chi connectivity index (χ3v) is 5.68. The van der Waals surface area contributed by atoms with Crippen molar-refractivity contribution in [2.24, 2.45) is 16.8 Å². The van der Waals surface area contributed by atoms with Gasteiger partial charge in [0.15, 0.2) is 5.96 Å². The van der Waals surface area contributed by atoms with E-state index in [1.807, 2.05) is 13.8 Å². The molecule has 1 fully saturated rings. The summed E-state index contributed by atoms with van der Waals surface area (Å²) in [4.78, 5) is 4.72. The molecule has 136 valence electrons. The lowest BCUT2D eigenvalue weighted by Gasteiger charge is -2.27. The van der Waals surface area contributed by atoms with Crippen LogP contribution < -0.4 is 10.6 Å². The average molecular weight is 346 g/mol. The Bertz CT molecular complexity index is 454. The smallest absolute Gasteiger partial charge is 0.191 e. The lowest BCUT2D eigenvalue weighted by atomic mass is 9.81. The van der Waals surface area contributed by atoms with Crippen LogP contribution in [0, 0.1) is 11.8 Å². The van der Waals surface area contributed by atoms with Gasteiger partial charge in [0.05, 0.1) is 5.75 Å². The zero-order valence-electron chi connectivity index (χ0n) is 15.3. The van der Waals surface area contributed by atoms with Gasteiger partial charge in [-0.3, -0.25) is 4.99 Å². The molecule has 0 spiro atoms. The Labute approximate surface area is 142 Å². The van der Waals surface area contributed by atoms with Crippen LogP contribution in [0.15, 0.2) is 4.99 Å². The number of guanidine groups is 1. The van der Waals surface area contributed by atoms with Gasteiger partial charge >= 0.3 is 0 Å². The molecule has 0 heterocycles. The van der Waals surface area contributed by atoms with Gasteiger partial charge in [0.25, 0.3) is 0 Å². The predicted molar refractivity (Wildman–Crippen MR) is 98.6 cm³/mol. The molecule has 0 amide bonds. The molecule has 0 saturated heterocycles. The van der Waals surface area contributed by atoms with Gasteiger partial charge in [-0.25, -0.2) is 8.42 Å². The van der Waals surface area contributed by atoms with E-state index in [4.69, 9.17) is 4.99 Å². The molecule has 0 radical (unpaired) electrons. The second kappa shape index (κ2) is 10.2. The number of nitrogens with zero attached hydrogens (tertiary/aromatic N) is 1. The van der Waals surface area contributed by atoms with Crippen LogP contribution in [0.1, 0.15) is 59.3 Å². The summed E-state index contributed by atoms with van der Waals surface area (Å²) in [5.41, 5.74) is 0. The van der Waals surface area contributed by atoms with Crippen molar-refractivity contribution >= 4 is 15.8 Å². The van der Waals surface area contributed by atoms with Gasteiger partial charge < -0.3 is 10.6 Å². The molecule has 2 N–H and O–H groups in total. The van der Waals surface area contributed by atoms with E-state index in [-0.39, 0.29) is 11.8 Å². The highest BCUT2D eigenvalue weighted by molar-refractivity contribution is 7.90. The van der Waals surface area contributed by atoms with Crippen LogP contribution in [0.5, 0.6) is 0 Å². The first-order valence-electron chi connectivity index (χ1n) is 9.06. The lowest BCUT2D eigenvalue weighted by Crippen LogP contribution is -2.43. The second-order valence-corrected chi connectivity index (χ2v) is 9.24. The zero-order chi connectivity index (χ0) is 17.3. The maximum atomic E-state index is 11.3. The highest BCUT2D eigenvalue weighted by atomic mass is 32.2. The standard InChI is InChI=1S/C17H35N3O2S/c1-5-15-7-9-16(10-8-15)13-19-17(18-6-2)20-14(3)11-12-23(4,21)22/h14-16H,5-13H2,1-4H3,(H2,18,19,20). The van der Waals surface area contributed by atoms with Crippen molar-refractivity contribution in [2.75, 3.05) is 25.1 Å². The molecule has 0 aromatic carbocycles. The fourth-order valence-corrected chi connectivity index (χ4v) is 3.84. The molecule has 1 aliphatic carbocycles. The molecule has 0 bridgehead atoms. The summed E-state index contributed by atoms with van der Waals surface area (Å²) in [6.07, 6.45) is 8.43. The van der Waals surface area contributed by atoms with Crippen molar-refractivity contribution in [3.63, 3.8) is 0 Å². The number of rotatable bonds is 8. The Morgan fingerprint density at radius 3 is 2.30 bits per heavy atom. The predicted octanol–water partition coefficient (Wildman–Crippen LogP) is 2.58. The fourth-order valence-electron chi connectivity index (χ4n) is 3.06. The van der Waals surface area contributed by atoms with Gasteiger partial charge in [-0.1, -0.05) is 26.2 Å². The van der Waals surface area contributed by atoms with E-state index in [0.29, 0.717) is 12.3 Å². The summed E-state index contributed by atoms with van der Waals surface area (Å²) < 4.78 is 22.5. The molecular weight excluding hydrogens is 310 g/mol. The molecule has 0 aliphatic heterocycles. The third kappa shape index (κ3) is 9.18. The Balaban J connectivity index is 2.43. The highest BCUT2D eigenvalue weighted by Gasteiger charge is 2.19. The first-order valence-corrected chi connectivity index (χ1v) is 11.1. The van der Waals surface area contributed by atoms with Gasteiger partial charge in [0.2, 0.25) is 0 Å². The maximum Gasteiger partial charge on any atom is 0.191 e. The van der Waals surface area contributed by atoms with Crippen LogP contribution in [0.2, 0.25) is 0 Å².